The first-order valence-electron chi connectivity index (χ1n) is 5.95. The van der Waals surface area contributed by atoms with Gasteiger partial charge in [0, 0.05) is 22.2 Å². The molecule has 0 radical (unpaired) electrons. The van der Waals surface area contributed by atoms with Crippen molar-refractivity contribution in [3.05, 3.63) is 57.5 Å². The average Bonchev–Trinajstić information content (AvgIpc) is 2.82. The number of carbonyl (C=O) groups is 1. The van der Waals surface area contributed by atoms with E-state index in [4.69, 9.17) is 27.6 Å². The molecule has 0 fully saturated rings. The summed E-state index contributed by atoms with van der Waals surface area (Å²) in [5.74, 6) is 0.468. The first-order chi connectivity index (χ1) is 9.47. The molecular formula is C14H13Cl2NO3. The van der Waals surface area contributed by atoms with Gasteiger partial charge in [0.05, 0.1) is 6.10 Å². The van der Waals surface area contributed by atoms with Crippen molar-refractivity contribution in [3.8, 4) is 0 Å². The molecule has 20 heavy (non-hydrogen) atoms. The highest BCUT2D eigenvalue weighted by Gasteiger charge is 2.15. The van der Waals surface area contributed by atoms with E-state index < -0.39 is 6.10 Å². The van der Waals surface area contributed by atoms with E-state index in [0.29, 0.717) is 21.4 Å². The van der Waals surface area contributed by atoms with Gasteiger partial charge in [-0.2, -0.15) is 0 Å². The van der Waals surface area contributed by atoms with Crippen LogP contribution in [0.15, 0.2) is 34.7 Å². The molecule has 0 aliphatic heterocycles. The van der Waals surface area contributed by atoms with E-state index in [-0.39, 0.29) is 18.2 Å². The number of benzene rings is 1. The minimum absolute atomic E-state index is 0.0277. The Morgan fingerprint density at radius 1 is 1.35 bits per heavy atom. The lowest BCUT2D eigenvalue weighted by atomic mass is 10.1. The van der Waals surface area contributed by atoms with Crippen molar-refractivity contribution in [3.63, 3.8) is 0 Å². The molecule has 0 bridgehead atoms. The lowest BCUT2D eigenvalue weighted by Gasteiger charge is -2.13. The SMILES string of the molecule is Cc1ccc(C(=O)NC[C@H](O)c2ccc(Cl)cc2Cl)o1. The number of hydrogen-bond donors (Lipinski definition) is 2. The predicted molar refractivity (Wildman–Crippen MR) is 77.2 cm³/mol. The van der Waals surface area contributed by atoms with Gasteiger partial charge in [-0.05, 0) is 31.2 Å². The number of halogens is 2. The molecule has 0 saturated carbocycles. The number of rotatable bonds is 4. The molecule has 0 unspecified atom stereocenters. The van der Waals surface area contributed by atoms with Gasteiger partial charge in [0.15, 0.2) is 5.76 Å². The number of amides is 1. The highest BCUT2D eigenvalue weighted by molar-refractivity contribution is 6.35. The molecule has 1 amide bonds. The van der Waals surface area contributed by atoms with Gasteiger partial charge in [-0.3, -0.25) is 4.79 Å². The molecule has 1 heterocycles. The topological polar surface area (TPSA) is 62.5 Å². The van der Waals surface area contributed by atoms with Crippen LogP contribution in [0.4, 0.5) is 0 Å². The summed E-state index contributed by atoms with van der Waals surface area (Å²) in [7, 11) is 0. The van der Waals surface area contributed by atoms with Crippen LogP contribution in [0.5, 0.6) is 0 Å². The van der Waals surface area contributed by atoms with Crippen LogP contribution in [-0.2, 0) is 0 Å². The van der Waals surface area contributed by atoms with E-state index in [1.807, 2.05) is 0 Å². The van der Waals surface area contributed by atoms with E-state index in [2.05, 4.69) is 5.32 Å². The molecule has 2 N–H and O–H groups in total. The maximum Gasteiger partial charge on any atom is 0.287 e. The number of furan rings is 1. The summed E-state index contributed by atoms with van der Waals surface area (Å²) in [4.78, 5) is 11.8. The Hall–Kier alpha value is -1.49. The summed E-state index contributed by atoms with van der Waals surface area (Å²) in [6.45, 7) is 1.78. The summed E-state index contributed by atoms with van der Waals surface area (Å²) in [6, 6.07) is 8.06. The minimum Gasteiger partial charge on any atom is -0.456 e. The number of aliphatic hydroxyl groups is 1. The fourth-order valence-corrected chi connectivity index (χ4v) is 2.25. The molecule has 0 aliphatic rings. The van der Waals surface area contributed by atoms with Crippen molar-refractivity contribution in [1.82, 2.24) is 5.32 Å². The fourth-order valence-electron chi connectivity index (χ4n) is 1.71. The van der Waals surface area contributed by atoms with Gasteiger partial charge in [-0.15, -0.1) is 0 Å². The van der Waals surface area contributed by atoms with Gasteiger partial charge in [-0.1, -0.05) is 29.3 Å². The summed E-state index contributed by atoms with van der Waals surface area (Å²) in [6.07, 6.45) is -0.917. The minimum atomic E-state index is -0.917. The van der Waals surface area contributed by atoms with Gasteiger partial charge >= 0.3 is 0 Å². The maximum absolute atomic E-state index is 11.8. The standard InChI is InChI=1S/C14H13Cl2NO3/c1-8-2-5-13(20-8)14(19)17-7-12(18)10-4-3-9(15)6-11(10)16/h2-6,12,18H,7H2,1H3,(H,17,19)/t12-/m0/s1. The molecule has 1 atom stereocenters. The molecule has 0 spiro atoms. The van der Waals surface area contributed by atoms with Crippen LogP contribution in [0.3, 0.4) is 0 Å². The van der Waals surface area contributed by atoms with Crippen molar-refractivity contribution < 1.29 is 14.3 Å². The molecule has 4 nitrogen and oxygen atoms in total. The molecule has 0 aliphatic carbocycles. The first kappa shape index (κ1) is 14.9. The normalized spacial score (nSPS) is 12.2. The number of carbonyl (C=O) groups excluding carboxylic acids is 1. The van der Waals surface area contributed by atoms with Crippen LogP contribution in [0.1, 0.15) is 28.0 Å². The van der Waals surface area contributed by atoms with Crippen LogP contribution in [-0.4, -0.2) is 17.6 Å². The van der Waals surface area contributed by atoms with Crippen molar-refractivity contribution >= 4 is 29.1 Å². The molecule has 106 valence electrons. The van der Waals surface area contributed by atoms with Crippen molar-refractivity contribution in [2.24, 2.45) is 0 Å². The number of nitrogens with one attached hydrogen (secondary N) is 1. The highest BCUT2D eigenvalue weighted by Crippen LogP contribution is 2.25. The van der Waals surface area contributed by atoms with Crippen LogP contribution < -0.4 is 5.32 Å². The third-order valence-corrected chi connectivity index (χ3v) is 3.30. The smallest absolute Gasteiger partial charge is 0.287 e. The van der Waals surface area contributed by atoms with Crippen LogP contribution in [0, 0.1) is 6.92 Å². The largest absolute Gasteiger partial charge is 0.456 e. The van der Waals surface area contributed by atoms with Crippen molar-refractivity contribution in [2.75, 3.05) is 6.54 Å². The van der Waals surface area contributed by atoms with Crippen LogP contribution >= 0.6 is 23.2 Å². The third-order valence-electron chi connectivity index (χ3n) is 2.74. The fraction of sp³-hybridized carbons (Fsp3) is 0.214. The van der Waals surface area contributed by atoms with Crippen LogP contribution in [0.2, 0.25) is 10.0 Å². The van der Waals surface area contributed by atoms with Crippen molar-refractivity contribution in [2.45, 2.75) is 13.0 Å². The quantitative estimate of drug-likeness (QED) is 0.909. The Labute approximate surface area is 126 Å². The second-order valence-electron chi connectivity index (χ2n) is 4.30. The Morgan fingerprint density at radius 2 is 2.10 bits per heavy atom. The summed E-state index contributed by atoms with van der Waals surface area (Å²) >= 11 is 11.8. The average molecular weight is 314 g/mol. The number of aryl methyl sites for hydroxylation is 1. The number of aliphatic hydroxyl groups excluding tert-OH is 1. The van der Waals surface area contributed by atoms with E-state index in [9.17, 15) is 9.90 Å². The summed E-state index contributed by atoms with van der Waals surface area (Å²) in [5.41, 5.74) is 0.506. The van der Waals surface area contributed by atoms with Gasteiger partial charge in [0.2, 0.25) is 0 Å². The van der Waals surface area contributed by atoms with Gasteiger partial charge in [-0.25, -0.2) is 0 Å². The predicted octanol–water partition coefficient (Wildman–Crippen LogP) is 3.36. The highest BCUT2D eigenvalue weighted by atomic mass is 35.5. The number of hydrogen-bond acceptors (Lipinski definition) is 3. The van der Waals surface area contributed by atoms with Gasteiger partial charge in [0.1, 0.15) is 5.76 Å². The van der Waals surface area contributed by atoms with Gasteiger partial charge < -0.3 is 14.8 Å². The van der Waals surface area contributed by atoms with Crippen LogP contribution in [0.25, 0.3) is 0 Å². The lowest BCUT2D eigenvalue weighted by Crippen LogP contribution is -2.28. The molecule has 6 heteroatoms. The third kappa shape index (κ3) is 3.54. The van der Waals surface area contributed by atoms with E-state index >= 15 is 0 Å². The zero-order valence-electron chi connectivity index (χ0n) is 10.7. The summed E-state index contributed by atoms with van der Waals surface area (Å²) in [5, 5.41) is 13.4. The van der Waals surface area contributed by atoms with E-state index in [1.54, 1.807) is 37.3 Å². The monoisotopic (exact) mass is 313 g/mol. The molecular weight excluding hydrogens is 301 g/mol. The van der Waals surface area contributed by atoms with E-state index in [1.165, 1.54) is 0 Å². The first-order valence-corrected chi connectivity index (χ1v) is 6.70. The van der Waals surface area contributed by atoms with E-state index in [0.717, 1.165) is 0 Å². The zero-order valence-corrected chi connectivity index (χ0v) is 12.2. The summed E-state index contributed by atoms with van der Waals surface area (Å²) < 4.78 is 5.19. The zero-order chi connectivity index (χ0) is 14.7. The molecule has 0 saturated heterocycles. The molecule has 1 aromatic carbocycles. The van der Waals surface area contributed by atoms with Gasteiger partial charge in [0.25, 0.3) is 5.91 Å². The second-order valence-corrected chi connectivity index (χ2v) is 5.15. The molecule has 1 aromatic heterocycles. The Kier molecular flexibility index (Phi) is 4.70. The lowest BCUT2D eigenvalue weighted by molar-refractivity contribution is 0.0888. The van der Waals surface area contributed by atoms with Crippen molar-refractivity contribution in [1.29, 1.82) is 0 Å². The Bertz CT molecular complexity index is 625. The maximum atomic E-state index is 11.8. The molecule has 2 rings (SSSR count). The Morgan fingerprint density at radius 3 is 2.70 bits per heavy atom. The molecule has 2 aromatic rings. The second kappa shape index (κ2) is 6.31. The Balaban J connectivity index is 1.98.